The molecule has 0 aromatic heterocycles. The number of anilines is 2. The standard InChI is InChI=1S/C38H34N2O8/c1-20(42)22-7-11-24(12-8-22)39-35(44)28-16-15-26-29(33(28)37(39)46)19-30-34(32(26)27-5-3-4-6-31(27)48-18-17-41)38(47)40(36(30)45)25-13-9-23(10-14-25)21(2)43/h3-15,28-30,32-34,41H,16-19H2,1-2H3. The zero-order valence-electron chi connectivity index (χ0n) is 26.5. The molecule has 2 aliphatic carbocycles. The average Bonchev–Trinajstić information content (AvgIpc) is 3.50. The lowest BCUT2D eigenvalue weighted by molar-refractivity contribution is -0.126. The van der Waals surface area contributed by atoms with Gasteiger partial charge in [-0.25, -0.2) is 0 Å². The highest BCUT2D eigenvalue weighted by molar-refractivity contribution is 6.24. The molecule has 3 fully saturated rings. The first-order chi connectivity index (χ1) is 23.1. The highest BCUT2D eigenvalue weighted by Crippen LogP contribution is 2.59. The molecule has 6 unspecified atom stereocenters. The summed E-state index contributed by atoms with van der Waals surface area (Å²) in [6.45, 7) is 2.69. The van der Waals surface area contributed by atoms with E-state index < -0.39 is 41.4 Å². The maximum Gasteiger partial charge on any atom is 0.238 e. The van der Waals surface area contributed by atoms with Gasteiger partial charge >= 0.3 is 0 Å². The molecule has 2 saturated heterocycles. The van der Waals surface area contributed by atoms with Gasteiger partial charge in [-0.3, -0.25) is 38.6 Å². The SMILES string of the molecule is CC(=O)c1ccc(N2C(=O)C3CC=C4C(CC5C(=O)N(c6ccc(C(C)=O)cc6)C(=O)C5C4c4ccccc4OCCO)C3C2=O)cc1. The second-order valence-electron chi connectivity index (χ2n) is 12.9. The van der Waals surface area contributed by atoms with Crippen LogP contribution in [0.1, 0.15) is 58.9 Å². The number of ketones is 2. The summed E-state index contributed by atoms with van der Waals surface area (Å²) in [7, 11) is 0. The molecule has 0 bridgehead atoms. The van der Waals surface area contributed by atoms with E-state index in [4.69, 9.17) is 4.74 Å². The molecular weight excluding hydrogens is 612 g/mol. The molecule has 48 heavy (non-hydrogen) atoms. The molecule has 10 nitrogen and oxygen atoms in total. The Hall–Kier alpha value is -5.22. The first-order valence-corrected chi connectivity index (χ1v) is 16.1. The highest BCUT2D eigenvalue weighted by Gasteiger charge is 2.62. The minimum atomic E-state index is -0.801. The van der Waals surface area contributed by atoms with Crippen LogP contribution < -0.4 is 14.5 Å². The molecule has 7 rings (SSSR count). The van der Waals surface area contributed by atoms with E-state index in [1.165, 1.54) is 23.6 Å². The molecule has 244 valence electrons. The van der Waals surface area contributed by atoms with Crippen molar-refractivity contribution in [2.24, 2.45) is 29.6 Å². The van der Waals surface area contributed by atoms with E-state index in [1.807, 2.05) is 18.2 Å². The number of amides is 4. The van der Waals surface area contributed by atoms with Gasteiger partial charge in [-0.2, -0.15) is 0 Å². The summed E-state index contributed by atoms with van der Waals surface area (Å²) in [5.41, 5.74) is 3.14. The van der Waals surface area contributed by atoms with Gasteiger partial charge in [0.25, 0.3) is 0 Å². The monoisotopic (exact) mass is 646 g/mol. The Labute approximate surface area is 277 Å². The Morgan fingerprint density at radius 1 is 0.708 bits per heavy atom. The van der Waals surface area contributed by atoms with Gasteiger partial charge in [0.2, 0.25) is 23.6 Å². The lowest BCUT2D eigenvalue weighted by Crippen LogP contribution is -2.43. The van der Waals surface area contributed by atoms with Gasteiger partial charge in [0, 0.05) is 22.6 Å². The van der Waals surface area contributed by atoms with Crippen LogP contribution in [0.4, 0.5) is 11.4 Å². The van der Waals surface area contributed by atoms with E-state index in [0.717, 1.165) is 5.57 Å². The molecule has 0 radical (unpaired) electrons. The van der Waals surface area contributed by atoms with Crippen LogP contribution in [-0.4, -0.2) is 53.5 Å². The molecule has 1 saturated carbocycles. The molecule has 10 heteroatoms. The van der Waals surface area contributed by atoms with E-state index >= 15 is 0 Å². The predicted molar refractivity (Wildman–Crippen MR) is 174 cm³/mol. The summed E-state index contributed by atoms with van der Waals surface area (Å²) in [5.74, 6) is -5.39. The lowest BCUT2D eigenvalue weighted by Gasteiger charge is -2.44. The molecule has 2 aliphatic heterocycles. The van der Waals surface area contributed by atoms with E-state index in [1.54, 1.807) is 60.7 Å². The summed E-state index contributed by atoms with van der Waals surface area (Å²) < 4.78 is 5.93. The number of ether oxygens (including phenoxy) is 1. The van der Waals surface area contributed by atoms with E-state index in [9.17, 15) is 33.9 Å². The third-order valence-electron chi connectivity index (χ3n) is 10.3. The summed E-state index contributed by atoms with van der Waals surface area (Å²) in [4.78, 5) is 82.9. The van der Waals surface area contributed by atoms with Crippen molar-refractivity contribution in [2.75, 3.05) is 23.0 Å². The van der Waals surface area contributed by atoms with Crippen molar-refractivity contribution < 1.29 is 38.6 Å². The third-order valence-corrected chi connectivity index (χ3v) is 10.3. The zero-order valence-corrected chi connectivity index (χ0v) is 26.5. The Kier molecular flexibility index (Phi) is 7.91. The number of aliphatic hydroxyl groups is 1. The number of benzene rings is 3. The number of allylic oxidation sites excluding steroid dienone is 2. The van der Waals surface area contributed by atoms with Crippen molar-refractivity contribution in [2.45, 2.75) is 32.6 Å². The van der Waals surface area contributed by atoms with Crippen LogP contribution in [0.3, 0.4) is 0 Å². The second kappa shape index (κ2) is 12.1. The van der Waals surface area contributed by atoms with Crippen LogP contribution in [0.5, 0.6) is 5.75 Å². The first kappa shape index (κ1) is 31.4. The van der Waals surface area contributed by atoms with Gasteiger partial charge in [0.15, 0.2) is 11.6 Å². The maximum atomic E-state index is 14.4. The Morgan fingerprint density at radius 3 is 1.81 bits per heavy atom. The Balaban J connectivity index is 1.31. The lowest BCUT2D eigenvalue weighted by atomic mass is 9.57. The number of hydrogen-bond acceptors (Lipinski definition) is 8. The number of rotatable bonds is 8. The maximum absolute atomic E-state index is 14.4. The molecule has 2 heterocycles. The molecule has 4 aliphatic rings. The van der Waals surface area contributed by atoms with Crippen molar-refractivity contribution >= 4 is 46.6 Å². The Morgan fingerprint density at radius 2 is 1.25 bits per heavy atom. The number of carbonyl (C=O) groups excluding carboxylic acids is 6. The number of Topliss-reactive ketones (excluding diaryl/α,β-unsaturated/α-hetero) is 2. The van der Waals surface area contributed by atoms with Crippen LogP contribution in [-0.2, 0) is 19.2 Å². The number of imide groups is 2. The van der Waals surface area contributed by atoms with Crippen LogP contribution in [0.25, 0.3) is 0 Å². The van der Waals surface area contributed by atoms with Crippen molar-refractivity contribution in [3.05, 3.63) is 101 Å². The Bertz CT molecular complexity index is 1900. The van der Waals surface area contributed by atoms with Gasteiger partial charge in [-0.1, -0.05) is 29.8 Å². The van der Waals surface area contributed by atoms with Gasteiger partial charge < -0.3 is 9.84 Å². The first-order valence-electron chi connectivity index (χ1n) is 16.1. The smallest absolute Gasteiger partial charge is 0.238 e. The fraction of sp³-hybridized carbons (Fsp3) is 0.316. The number of fused-ring (bicyclic) bond motifs is 4. The predicted octanol–water partition coefficient (Wildman–Crippen LogP) is 4.51. The van der Waals surface area contributed by atoms with E-state index in [-0.39, 0.29) is 55.3 Å². The summed E-state index contributed by atoms with van der Waals surface area (Å²) in [6, 6.07) is 19.9. The van der Waals surface area contributed by atoms with Crippen LogP contribution in [0.15, 0.2) is 84.4 Å². The number of nitrogens with zero attached hydrogens (tertiary/aromatic N) is 2. The number of para-hydroxylation sites is 1. The average molecular weight is 647 g/mol. The second-order valence-corrected chi connectivity index (χ2v) is 12.9. The van der Waals surface area contributed by atoms with Gasteiger partial charge in [0.1, 0.15) is 12.4 Å². The molecule has 4 amide bonds. The molecule has 1 N–H and O–H groups in total. The number of hydrogen-bond donors (Lipinski definition) is 1. The molecule has 6 atom stereocenters. The summed E-state index contributed by atoms with van der Waals surface area (Å²) >= 11 is 0. The van der Waals surface area contributed by atoms with Crippen molar-refractivity contribution in [3.63, 3.8) is 0 Å². The zero-order chi connectivity index (χ0) is 33.9. The number of aliphatic hydroxyl groups excluding tert-OH is 1. The van der Waals surface area contributed by atoms with E-state index in [0.29, 0.717) is 33.8 Å². The molecule has 3 aromatic rings. The van der Waals surface area contributed by atoms with Crippen molar-refractivity contribution in [1.29, 1.82) is 0 Å². The van der Waals surface area contributed by atoms with Gasteiger partial charge in [0.05, 0.1) is 41.7 Å². The fourth-order valence-corrected chi connectivity index (χ4v) is 8.16. The topological polar surface area (TPSA) is 138 Å². The third kappa shape index (κ3) is 4.90. The highest BCUT2D eigenvalue weighted by atomic mass is 16.5. The van der Waals surface area contributed by atoms with Crippen LogP contribution in [0, 0.1) is 29.6 Å². The summed E-state index contributed by atoms with van der Waals surface area (Å²) in [5, 5.41) is 9.52. The quantitative estimate of drug-likeness (QED) is 0.214. The largest absolute Gasteiger partial charge is 0.491 e. The van der Waals surface area contributed by atoms with E-state index in [2.05, 4.69) is 0 Å². The van der Waals surface area contributed by atoms with Crippen molar-refractivity contribution in [3.8, 4) is 5.75 Å². The van der Waals surface area contributed by atoms with Crippen molar-refractivity contribution in [1.82, 2.24) is 0 Å². The minimum Gasteiger partial charge on any atom is -0.491 e. The molecule has 3 aromatic carbocycles. The normalized spacial score (nSPS) is 26.2. The van der Waals surface area contributed by atoms with Crippen LogP contribution >= 0.6 is 0 Å². The fourth-order valence-electron chi connectivity index (χ4n) is 8.16. The molecular formula is C38H34N2O8. The minimum absolute atomic E-state index is 0.0247. The van der Waals surface area contributed by atoms with Gasteiger partial charge in [-0.15, -0.1) is 0 Å². The number of carbonyl (C=O) groups is 6. The molecule has 0 spiro atoms. The van der Waals surface area contributed by atoms with Crippen LogP contribution in [0.2, 0.25) is 0 Å². The summed E-state index contributed by atoms with van der Waals surface area (Å²) in [6.07, 6.45) is 2.46. The van der Waals surface area contributed by atoms with Gasteiger partial charge in [-0.05, 0) is 87.2 Å².